The second-order valence-electron chi connectivity index (χ2n) is 6.69. The van der Waals surface area contributed by atoms with Crippen molar-refractivity contribution >= 4 is 24.4 Å². The lowest BCUT2D eigenvalue weighted by molar-refractivity contribution is -0.252. The first-order valence-electron chi connectivity index (χ1n) is 8.45. The van der Waals surface area contributed by atoms with Crippen LogP contribution in [0, 0.1) is 0 Å². The van der Waals surface area contributed by atoms with Crippen molar-refractivity contribution in [3.8, 4) is 0 Å². The van der Waals surface area contributed by atoms with Crippen LogP contribution in [-0.4, -0.2) is 109 Å². The lowest BCUT2D eigenvalue weighted by Gasteiger charge is -2.46. The summed E-state index contributed by atoms with van der Waals surface area (Å²) in [5, 5.41) is 58.0. The second kappa shape index (κ2) is 9.70. The van der Waals surface area contributed by atoms with E-state index in [9.17, 15) is 30.6 Å². The summed E-state index contributed by atoms with van der Waals surface area (Å²) in [6, 6.07) is 0. The van der Waals surface area contributed by atoms with Crippen LogP contribution in [0.15, 0.2) is 0 Å². The molecule has 0 aromatic heterocycles. The molecule has 0 radical (unpaired) electrons. The van der Waals surface area contributed by atoms with E-state index in [-0.39, 0.29) is 12.7 Å². The van der Waals surface area contributed by atoms with Crippen molar-refractivity contribution < 1.29 is 44.8 Å². The Labute approximate surface area is 161 Å². The van der Waals surface area contributed by atoms with Crippen LogP contribution in [0.5, 0.6) is 0 Å². The number of rotatable bonds is 6. The largest absolute Gasteiger partial charge is 0.394 e. The summed E-state index contributed by atoms with van der Waals surface area (Å²) in [5.74, 6) is 0. The first kappa shape index (κ1) is 22.6. The molecule has 0 unspecified atom stereocenters. The summed E-state index contributed by atoms with van der Waals surface area (Å²) in [4.78, 5) is 0. The van der Waals surface area contributed by atoms with Crippen molar-refractivity contribution in [2.75, 3.05) is 13.2 Å². The van der Waals surface area contributed by atoms with Gasteiger partial charge in [-0.05, 0) is 13.8 Å². The molecule has 2 fully saturated rings. The SMILES string of the molecule is CC(C)O[C@H]1O[C@H](CO)[C@@H](S[C@@H]2O[C@H](CO)[C@H](O)[C@H](O)[C@H]2O)[C@H](S)[C@H]1O. The molecular weight excluding hydrogens is 388 g/mol. The van der Waals surface area contributed by atoms with Gasteiger partial charge in [0.15, 0.2) is 6.29 Å². The molecule has 2 heterocycles. The lowest BCUT2D eigenvalue weighted by Crippen LogP contribution is -2.60. The van der Waals surface area contributed by atoms with Crippen molar-refractivity contribution in [2.24, 2.45) is 0 Å². The summed E-state index contributed by atoms with van der Waals surface area (Å²) >= 11 is 5.43. The monoisotopic (exact) mass is 416 g/mol. The molecule has 0 aromatic rings. The fourth-order valence-corrected chi connectivity index (χ4v) is 4.97. The molecule has 6 N–H and O–H groups in total. The predicted molar refractivity (Wildman–Crippen MR) is 95.9 cm³/mol. The van der Waals surface area contributed by atoms with Gasteiger partial charge < -0.3 is 44.8 Å². The Hall–Kier alpha value is 0.340. The highest BCUT2D eigenvalue weighted by molar-refractivity contribution is 8.01. The van der Waals surface area contributed by atoms with Crippen LogP contribution in [0.1, 0.15) is 13.8 Å². The minimum atomic E-state index is -1.50. The molecular formula is C15H28O9S2. The van der Waals surface area contributed by atoms with Crippen LogP contribution < -0.4 is 0 Å². The predicted octanol–water partition coefficient (Wildman–Crippen LogP) is -2.31. The van der Waals surface area contributed by atoms with Crippen molar-refractivity contribution in [3.05, 3.63) is 0 Å². The topological polar surface area (TPSA) is 149 Å². The zero-order valence-electron chi connectivity index (χ0n) is 14.5. The lowest BCUT2D eigenvalue weighted by atomic mass is 10.0. The fraction of sp³-hybridized carbons (Fsp3) is 1.00. The smallest absolute Gasteiger partial charge is 0.185 e. The summed E-state index contributed by atoms with van der Waals surface area (Å²) < 4.78 is 16.6. The van der Waals surface area contributed by atoms with Gasteiger partial charge in [0.1, 0.15) is 36.0 Å². The van der Waals surface area contributed by atoms with Crippen LogP contribution in [0.3, 0.4) is 0 Å². The number of thioether (sulfide) groups is 1. The number of aliphatic hydroxyl groups excluding tert-OH is 6. The Bertz CT molecular complexity index is 439. The molecule has 154 valence electrons. The van der Waals surface area contributed by atoms with Crippen molar-refractivity contribution in [1.82, 2.24) is 0 Å². The van der Waals surface area contributed by atoms with Gasteiger partial charge in [0, 0.05) is 5.25 Å². The van der Waals surface area contributed by atoms with Gasteiger partial charge in [-0.2, -0.15) is 12.6 Å². The minimum absolute atomic E-state index is 0.204. The maximum absolute atomic E-state index is 10.4. The van der Waals surface area contributed by atoms with E-state index in [4.69, 9.17) is 14.2 Å². The molecule has 0 spiro atoms. The third-order valence-corrected chi connectivity index (χ3v) is 6.76. The van der Waals surface area contributed by atoms with E-state index in [1.165, 1.54) is 0 Å². The fourth-order valence-electron chi connectivity index (χ4n) is 2.94. The maximum atomic E-state index is 10.4. The zero-order valence-corrected chi connectivity index (χ0v) is 16.2. The number of hydrogen-bond donors (Lipinski definition) is 7. The number of aliphatic hydroxyl groups is 6. The quantitative estimate of drug-likeness (QED) is 0.235. The maximum Gasteiger partial charge on any atom is 0.185 e. The van der Waals surface area contributed by atoms with E-state index in [2.05, 4.69) is 12.6 Å². The molecule has 2 aliphatic rings. The Kier molecular flexibility index (Phi) is 8.44. The molecule has 0 bridgehead atoms. The molecule has 10 atom stereocenters. The normalized spacial score (nSPS) is 47.3. The van der Waals surface area contributed by atoms with Gasteiger partial charge in [-0.1, -0.05) is 0 Å². The highest BCUT2D eigenvalue weighted by Gasteiger charge is 2.49. The third-order valence-electron chi connectivity index (χ3n) is 4.37. The second-order valence-corrected chi connectivity index (χ2v) is 8.57. The molecule has 0 aromatic carbocycles. The average molecular weight is 417 g/mol. The van der Waals surface area contributed by atoms with E-state index in [0.29, 0.717) is 0 Å². The van der Waals surface area contributed by atoms with E-state index in [1.807, 2.05) is 0 Å². The van der Waals surface area contributed by atoms with Crippen molar-refractivity contribution in [1.29, 1.82) is 0 Å². The molecule has 0 amide bonds. The molecule has 2 rings (SSSR count). The van der Waals surface area contributed by atoms with Crippen LogP contribution in [0.2, 0.25) is 0 Å². The van der Waals surface area contributed by atoms with Crippen LogP contribution in [0.25, 0.3) is 0 Å². The molecule has 11 heteroatoms. The van der Waals surface area contributed by atoms with E-state index in [0.717, 1.165) is 11.8 Å². The minimum Gasteiger partial charge on any atom is -0.394 e. The summed E-state index contributed by atoms with van der Waals surface area (Å²) in [7, 11) is 0. The Morgan fingerprint density at radius 3 is 2.08 bits per heavy atom. The standard InChI is InChI=1S/C15H28O9S2/c1-5(2)22-14-11(21)12(25)13(7(4-17)23-14)26-15-10(20)9(19)8(18)6(3-16)24-15/h5-21,25H,3-4H2,1-2H3/t6-,7-,8+,9+,10-,11-,12-,13-,14+,15+/m1/s1. The number of thiol groups is 1. The van der Waals surface area contributed by atoms with Gasteiger partial charge >= 0.3 is 0 Å². The highest BCUT2D eigenvalue weighted by atomic mass is 32.2. The summed E-state index contributed by atoms with van der Waals surface area (Å²) in [5.41, 5.74) is -1.02. The van der Waals surface area contributed by atoms with Gasteiger partial charge in [-0.25, -0.2) is 0 Å². The molecule has 0 aliphatic carbocycles. The molecule has 0 saturated carbocycles. The van der Waals surface area contributed by atoms with Crippen LogP contribution in [-0.2, 0) is 14.2 Å². The Morgan fingerprint density at radius 2 is 1.54 bits per heavy atom. The number of ether oxygens (including phenoxy) is 3. The Morgan fingerprint density at radius 1 is 0.923 bits per heavy atom. The summed E-state index contributed by atoms with van der Waals surface area (Å²) in [6.07, 6.45) is -8.44. The molecule has 9 nitrogen and oxygen atoms in total. The van der Waals surface area contributed by atoms with E-state index < -0.39 is 65.5 Å². The molecule has 26 heavy (non-hydrogen) atoms. The average Bonchev–Trinajstić information content (AvgIpc) is 2.60. The summed E-state index contributed by atoms with van der Waals surface area (Å²) in [6.45, 7) is 2.65. The van der Waals surface area contributed by atoms with Gasteiger partial charge in [0.2, 0.25) is 0 Å². The van der Waals surface area contributed by atoms with E-state index >= 15 is 0 Å². The van der Waals surface area contributed by atoms with Gasteiger partial charge in [-0.15, -0.1) is 11.8 Å². The first-order chi connectivity index (χ1) is 12.2. The van der Waals surface area contributed by atoms with Crippen LogP contribution in [0.4, 0.5) is 0 Å². The number of hydrogen-bond acceptors (Lipinski definition) is 11. The zero-order chi connectivity index (χ0) is 19.6. The Balaban J connectivity index is 2.11. The van der Waals surface area contributed by atoms with Gasteiger partial charge in [0.05, 0.1) is 30.7 Å². The van der Waals surface area contributed by atoms with Crippen LogP contribution >= 0.6 is 24.4 Å². The molecule has 2 aliphatic heterocycles. The third kappa shape index (κ3) is 4.84. The first-order valence-corrected chi connectivity index (χ1v) is 9.91. The van der Waals surface area contributed by atoms with Crippen molar-refractivity contribution in [3.63, 3.8) is 0 Å². The van der Waals surface area contributed by atoms with Gasteiger partial charge in [-0.3, -0.25) is 0 Å². The molecule has 2 saturated heterocycles. The van der Waals surface area contributed by atoms with Crippen molar-refractivity contribution in [2.45, 2.75) is 78.8 Å². The highest BCUT2D eigenvalue weighted by Crippen LogP contribution is 2.39. The van der Waals surface area contributed by atoms with E-state index in [1.54, 1.807) is 13.8 Å². The van der Waals surface area contributed by atoms with Gasteiger partial charge in [0.25, 0.3) is 0 Å².